The maximum absolute atomic E-state index is 13.4. The minimum atomic E-state index is -5.03. The summed E-state index contributed by atoms with van der Waals surface area (Å²) in [5.74, 6) is -0.619. The van der Waals surface area contributed by atoms with Crippen molar-refractivity contribution < 1.29 is 35.5 Å². The lowest BCUT2D eigenvalue weighted by Gasteiger charge is -2.15. The van der Waals surface area contributed by atoms with Gasteiger partial charge in [-0.2, -0.15) is 26.3 Å². The maximum atomic E-state index is 13.4. The third-order valence-corrected chi connectivity index (χ3v) is 3.24. The van der Waals surface area contributed by atoms with E-state index in [2.05, 4.69) is 5.32 Å². The first kappa shape index (κ1) is 19.5. The van der Waals surface area contributed by atoms with Crippen LogP contribution in [0.5, 0.6) is 0 Å². The smallest absolute Gasteiger partial charge is 0.334 e. The second-order valence-corrected chi connectivity index (χ2v) is 5.19. The van der Waals surface area contributed by atoms with Crippen LogP contribution in [-0.4, -0.2) is 6.03 Å². The normalized spacial score (nSPS) is 12.0. The molecular weight excluding hydrogens is 369 g/mol. The molecule has 0 unspecified atom stereocenters. The van der Waals surface area contributed by atoms with E-state index in [0.29, 0.717) is 12.1 Å². The van der Waals surface area contributed by atoms with Gasteiger partial charge in [0.1, 0.15) is 5.82 Å². The summed E-state index contributed by atoms with van der Waals surface area (Å²) in [7, 11) is 0. The molecule has 0 saturated heterocycles. The van der Waals surface area contributed by atoms with Gasteiger partial charge in [-0.1, -0.05) is 18.2 Å². The number of alkyl halides is 6. The largest absolute Gasteiger partial charge is 0.416 e. The number of carbonyl (C=O) groups excluding carboxylic acids is 1. The number of halogens is 7. The molecular formula is C16H11F7N2O. The summed E-state index contributed by atoms with van der Waals surface area (Å²) in [5.41, 5.74) is -3.71. The highest BCUT2D eigenvalue weighted by Gasteiger charge is 2.37. The number of amides is 2. The highest BCUT2D eigenvalue weighted by molar-refractivity contribution is 5.89. The van der Waals surface area contributed by atoms with Crippen LogP contribution >= 0.6 is 0 Å². The highest BCUT2D eigenvalue weighted by atomic mass is 19.4. The highest BCUT2D eigenvalue weighted by Crippen LogP contribution is 2.37. The van der Waals surface area contributed by atoms with Crippen LogP contribution in [0.15, 0.2) is 42.5 Å². The predicted molar refractivity (Wildman–Crippen MR) is 78.7 cm³/mol. The van der Waals surface area contributed by atoms with E-state index in [9.17, 15) is 35.5 Å². The van der Waals surface area contributed by atoms with E-state index in [0.717, 1.165) is 6.07 Å². The van der Waals surface area contributed by atoms with E-state index in [1.807, 2.05) is 5.32 Å². The van der Waals surface area contributed by atoms with Gasteiger partial charge in [0.05, 0.1) is 11.1 Å². The van der Waals surface area contributed by atoms with Crippen LogP contribution in [0.4, 0.5) is 41.2 Å². The SMILES string of the molecule is O=C(NCc1ccccc1F)Nc1cc(C(F)(F)F)cc(C(F)(F)F)c1. The van der Waals surface area contributed by atoms with Crippen LogP contribution in [0.3, 0.4) is 0 Å². The van der Waals surface area contributed by atoms with Gasteiger partial charge in [0.2, 0.25) is 0 Å². The molecule has 2 N–H and O–H groups in total. The monoisotopic (exact) mass is 380 g/mol. The van der Waals surface area contributed by atoms with Crippen molar-refractivity contribution in [1.29, 1.82) is 0 Å². The zero-order valence-corrected chi connectivity index (χ0v) is 12.8. The Bertz CT molecular complexity index is 768. The molecule has 0 aromatic heterocycles. The summed E-state index contributed by atoms with van der Waals surface area (Å²) in [5, 5.41) is 4.04. The van der Waals surface area contributed by atoms with Gasteiger partial charge in [0.15, 0.2) is 0 Å². The van der Waals surface area contributed by atoms with E-state index < -0.39 is 41.0 Å². The second-order valence-electron chi connectivity index (χ2n) is 5.19. The Balaban J connectivity index is 2.17. The van der Waals surface area contributed by atoms with Crippen LogP contribution in [0.25, 0.3) is 0 Å². The molecule has 0 aliphatic heterocycles. The number of urea groups is 1. The molecule has 0 bridgehead atoms. The van der Waals surface area contributed by atoms with Crippen molar-refractivity contribution in [2.45, 2.75) is 18.9 Å². The minimum Gasteiger partial charge on any atom is -0.334 e. The molecule has 0 fully saturated rings. The van der Waals surface area contributed by atoms with Gasteiger partial charge in [-0.25, -0.2) is 9.18 Å². The lowest BCUT2D eigenvalue weighted by Crippen LogP contribution is -2.28. The van der Waals surface area contributed by atoms with Crippen molar-refractivity contribution in [2.75, 3.05) is 5.32 Å². The van der Waals surface area contributed by atoms with Crippen LogP contribution in [0.1, 0.15) is 16.7 Å². The summed E-state index contributed by atoms with van der Waals surface area (Å²) in [4.78, 5) is 11.7. The Morgan fingerprint density at radius 3 is 1.92 bits per heavy atom. The molecule has 0 saturated carbocycles. The molecule has 26 heavy (non-hydrogen) atoms. The molecule has 0 aliphatic rings. The van der Waals surface area contributed by atoms with E-state index in [-0.39, 0.29) is 18.2 Å². The van der Waals surface area contributed by atoms with Gasteiger partial charge in [0.25, 0.3) is 0 Å². The third-order valence-electron chi connectivity index (χ3n) is 3.24. The van der Waals surface area contributed by atoms with Crippen molar-refractivity contribution in [2.24, 2.45) is 0 Å². The van der Waals surface area contributed by atoms with Crippen molar-refractivity contribution >= 4 is 11.7 Å². The first-order chi connectivity index (χ1) is 12.0. The summed E-state index contributed by atoms with van der Waals surface area (Å²) in [6.45, 7) is -0.302. The van der Waals surface area contributed by atoms with Gasteiger partial charge in [-0.3, -0.25) is 0 Å². The van der Waals surface area contributed by atoms with E-state index in [1.165, 1.54) is 18.2 Å². The Morgan fingerprint density at radius 1 is 0.885 bits per heavy atom. The number of hydrogen-bond donors (Lipinski definition) is 2. The number of nitrogens with one attached hydrogen (secondary N) is 2. The van der Waals surface area contributed by atoms with Crippen molar-refractivity contribution in [3.8, 4) is 0 Å². The van der Waals surface area contributed by atoms with Gasteiger partial charge in [-0.05, 0) is 24.3 Å². The molecule has 0 heterocycles. The summed E-state index contributed by atoms with van der Waals surface area (Å²) < 4.78 is 89.9. The second kappa shape index (κ2) is 7.22. The van der Waals surface area contributed by atoms with Crippen molar-refractivity contribution in [3.63, 3.8) is 0 Å². The topological polar surface area (TPSA) is 41.1 Å². The number of hydrogen-bond acceptors (Lipinski definition) is 1. The molecule has 0 atom stereocenters. The number of anilines is 1. The average molecular weight is 380 g/mol. The summed E-state index contributed by atoms with van der Waals surface area (Å²) in [6, 6.07) is 5.03. The standard InChI is InChI=1S/C16H11F7N2O/c17-13-4-2-1-3-9(13)8-24-14(26)25-12-6-10(15(18,19)20)5-11(7-12)16(21,22)23/h1-7H,8H2,(H2,24,25,26). The van der Waals surface area contributed by atoms with Crippen molar-refractivity contribution in [1.82, 2.24) is 5.32 Å². The number of carbonyl (C=O) groups is 1. The lowest BCUT2D eigenvalue weighted by molar-refractivity contribution is -0.143. The Morgan fingerprint density at radius 2 is 1.42 bits per heavy atom. The molecule has 2 amide bonds. The van der Waals surface area contributed by atoms with E-state index >= 15 is 0 Å². The fourth-order valence-electron chi connectivity index (χ4n) is 2.02. The molecule has 3 nitrogen and oxygen atoms in total. The molecule has 10 heteroatoms. The molecule has 0 spiro atoms. The Hall–Kier alpha value is -2.78. The number of benzene rings is 2. The van der Waals surface area contributed by atoms with Crippen molar-refractivity contribution in [3.05, 3.63) is 65.0 Å². The Labute approximate surface area is 142 Å². The van der Waals surface area contributed by atoms with Crippen LogP contribution < -0.4 is 10.6 Å². The maximum Gasteiger partial charge on any atom is 0.416 e. The molecule has 0 radical (unpaired) electrons. The van der Waals surface area contributed by atoms with Gasteiger partial charge < -0.3 is 10.6 Å². The van der Waals surface area contributed by atoms with Crippen LogP contribution in [-0.2, 0) is 18.9 Å². The summed E-state index contributed by atoms with van der Waals surface area (Å²) in [6.07, 6.45) is -10.1. The molecule has 0 aliphatic carbocycles. The quantitative estimate of drug-likeness (QED) is 0.708. The van der Waals surface area contributed by atoms with Gasteiger partial charge >= 0.3 is 18.4 Å². The molecule has 2 aromatic rings. The van der Waals surface area contributed by atoms with E-state index in [1.54, 1.807) is 0 Å². The van der Waals surface area contributed by atoms with E-state index in [4.69, 9.17) is 0 Å². The van der Waals surface area contributed by atoms with Gasteiger partial charge in [-0.15, -0.1) is 0 Å². The fraction of sp³-hybridized carbons (Fsp3) is 0.188. The minimum absolute atomic E-state index is 0.0531. The average Bonchev–Trinajstić information content (AvgIpc) is 2.52. The molecule has 140 valence electrons. The number of rotatable bonds is 3. The first-order valence-electron chi connectivity index (χ1n) is 7.04. The molecule has 2 rings (SSSR count). The predicted octanol–water partition coefficient (Wildman–Crippen LogP) is 5.19. The Kier molecular flexibility index (Phi) is 5.43. The molecule has 2 aromatic carbocycles. The summed E-state index contributed by atoms with van der Waals surface area (Å²) >= 11 is 0. The zero-order valence-electron chi connectivity index (χ0n) is 12.8. The van der Waals surface area contributed by atoms with Gasteiger partial charge in [0, 0.05) is 17.8 Å². The zero-order chi connectivity index (χ0) is 19.5. The van der Waals surface area contributed by atoms with Crippen LogP contribution in [0.2, 0.25) is 0 Å². The lowest BCUT2D eigenvalue weighted by atomic mass is 10.1. The van der Waals surface area contributed by atoms with Crippen LogP contribution in [0, 0.1) is 5.82 Å². The first-order valence-corrected chi connectivity index (χ1v) is 7.04. The fourth-order valence-corrected chi connectivity index (χ4v) is 2.02. The third kappa shape index (κ3) is 5.11.